The second-order valence-electron chi connectivity index (χ2n) is 10.2. The molecule has 0 saturated carbocycles. The van der Waals surface area contributed by atoms with E-state index in [-0.39, 0.29) is 25.9 Å². The van der Waals surface area contributed by atoms with E-state index in [4.69, 9.17) is 0 Å². The van der Waals surface area contributed by atoms with Crippen molar-refractivity contribution >= 4 is 34.8 Å². The Morgan fingerprint density at radius 1 is 0.844 bits per heavy atom. The summed E-state index contributed by atoms with van der Waals surface area (Å²) in [4.78, 5) is 26.5. The molecule has 3 rings (SSSR count). The molecule has 45 heavy (non-hydrogen) atoms. The predicted molar refractivity (Wildman–Crippen MR) is 157 cm³/mol. The molecule has 0 fully saturated rings. The van der Waals surface area contributed by atoms with E-state index in [1.54, 1.807) is 21.5 Å². The molecular formula is C29H37F6N8O2+. The van der Waals surface area contributed by atoms with Gasteiger partial charge in [-0.3, -0.25) is 9.59 Å². The highest BCUT2D eigenvalue weighted by Gasteiger charge is 2.38. The Hall–Kier alpha value is -4.37. The number of hydrogen-bond acceptors (Lipinski definition) is 6. The third-order valence-electron chi connectivity index (χ3n) is 6.91. The van der Waals surface area contributed by atoms with Gasteiger partial charge in [-0.2, -0.15) is 26.3 Å². The fraction of sp³-hybridized carbons (Fsp3) is 0.483. The number of benzene rings is 1. The first-order valence-electron chi connectivity index (χ1n) is 14.4. The molecule has 2 heterocycles. The van der Waals surface area contributed by atoms with Gasteiger partial charge >= 0.3 is 30.1 Å². The highest BCUT2D eigenvalue weighted by atomic mass is 19.4. The summed E-state index contributed by atoms with van der Waals surface area (Å²) in [5, 5.41) is 12.6. The monoisotopic (exact) mass is 643 g/mol. The van der Waals surface area contributed by atoms with Gasteiger partial charge in [0, 0.05) is 44.4 Å². The van der Waals surface area contributed by atoms with Crippen LogP contribution in [0.1, 0.15) is 25.7 Å². The van der Waals surface area contributed by atoms with Crippen molar-refractivity contribution < 1.29 is 40.5 Å². The molecule has 0 aliphatic carbocycles. The van der Waals surface area contributed by atoms with Gasteiger partial charge in [0.1, 0.15) is 5.69 Å². The molecule has 0 saturated heterocycles. The number of halogens is 6. The van der Waals surface area contributed by atoms with Crippen LogP contribution in [0.5, 0.6) is 0 Å². The van der Waals surface area contributed by atoms with E-state index in [9.17, 15) is 35.9 Å². The molecule has 0 spiro atoms. The molecule has 16 heteroatoms. The SMILES string of the molecule is C=CCN1CCN(CC=C)c2cc(/N=N/c3n(CCCCNC(=O)C(F)(F)F)cc[n+]3CCCCNC(=O)C(F)(F)F)ccc21. The molecule has 1 aliphatic rings. The number of carbonyl (C=O) groups excluding carboxylic acids is 2. The van der Waals surface area contributed by atoms with Gasteiger partial charge in [0.2, 0.25) is 0 Å². The number of aromatic nitrogens is 2. The maximum absolute atomic E-state index is 12.4. The van der Waals surface area contributed by atoms with E-state index in [1.807, 2.05) is 41.0 Å². The van der Waals surface area contributed by atoms with Gasteiger partial charge in [-0.05, 0) is 43.9 Å². The van der Waals surface area contributed by atoms with Crippen molar-refractivity contribution in [1.82, 2.24) is 15.2 Å². The molecule has 0 atom stereocenters. The third kappa shape index (κ3) is 10.4. The first-order valence-corrected chi connectivity index (χ1v) is 14.4. The van der Waals surface area contributed by atoms with Crippen molar-refractivity contribution in [2.75, 3.05) is 49.1 Å². The molecule has 0 radical (unpaired) electrons. The van der Waals surface area contributed by atoms with Crippen LogP contribution >= 0.6 is 0 Å². The first kappa shape index (κ1) is 35.1. The standard InChI is InChI=1S/C29H36F6N8O2/c1-3-13-40-17-18-41(14-4-2)24-21-22(9-10-23(24)40)38-39-27-42(15-7-5-11-36-25(44)28(30,31)32)19-20-43(27)16-8-6-12-37-26(45)29(33,34)35/h3-4,9-10,19-21H,1-2,5-8,11-18H2,(H-,36,37,44,45)/p+1. The summed E-state index contributed by atoms with van der Waals surface area (Å²) in [7, 11) is 0. The largest absolute Gasteiger partial charge is 0.471 e. The van der Waals surface area contributed by atoms with Gasteiger partial charge in [-0.15, -0.1) is 13.2 Å². The van der Waals surface area contributed by atoms with Crippen LogP contribution in [0.2, 0.25) is 0 Å². The summed E-state index contributed by atoms with van der Waals surface area (Å²) in [6.45, 7) is 11.0. The van der Waals surface area contributed by atoms with Crippen molar-refractivity contribution in [3.63, 3.8) is 0 Å². The smallest absolute Gasteiger partial charge is 0.364 e. The van der Waals surface area contributed by atoms with Crippen LogP contribution < -0.4 is 25.0 Å². The first-order chi connectivity index (χ1) is 21.3. The van der Waals surface area contributed by atoms with Crippen LogP contribution in [0.4, 0.5) is 49.4 Å². The van der Waals surface area contributed by atoms with E-state index >= 15 is 0 Å². The second-order valence-corrected chi connectivity index (χ2v) is 10.2. The van der Waals surface area contributed by atoms with E-state index in [0.717, 1.165) is 24.5 Å². The summed E-state index contributed by atoms with van der Waals surface area (Å²) < 4.78 is 78.1. The summed E-state index contributed by atoms with van der Waals surface area (Å²) in [5.41, 5.74) is 2.56. The van der Waals surface area contributed by atoms with Crippen LogP contribution in [0, 0.1) is 0 Å². The Kier molecular flexibility index (Phi) is 12.6. The summed E-state index contributed by atoms with van der Waals surface area (Å²) in [6.07, 6.45) is -1.39. The second kappa shape index (κ2) is 16.1. The minimum Gasteiger partial charge on any atom is -0.364 e. The number of rotatable bonds is 16. The van der Waals surface area contributed by atoms with Gasteiger partial charge in [0.05, 0.1) is 36.9 Å². The maximum atomic E-state index is 12.4. The van der Waals surface area contributed by atoms with Crippen molar-refractivity contribution in [3.05, 3.63) is 55.9 Å². The lowest BCUT2D eigenvalue weighted by atomic mass is 10.1. The Labute approximate surface area is 257 Å². The number of hydrogen-bond donors (Lipinski definition) is 2. The van der Waals surface area contributed by atoms with Gasteiger partial charge in [0.15, 0.2) is 0 Å². The third-order valence-corrected chi connectivity index (χ3v) is 6.91. The fourth-order valence-electron chi connectivity index (χ4n) is 4.71. The van der Waals surface area contributed by atoms with Gasteiger partial charge in [0.25, 0.3) is 0 Å². The van der Waals surface area contributed by atoms with E-state index in [2.05, 4.69) is 33.2 Å². The number of carbonyl (C=O) groups is 2. The minimum absolute atomic E-state index is 0.153. The van der Waals surface area contributed by atoms with Crippen molar-refractivity contribution in [2.24, 2.45) is 10.2 Å². The lowest BCUT2D eigenvalue weighted by molar-refractivity contribution is -0.684. The Balaban J connectivity index is 1.75. The number of anilines is 2. The fourth-order valence-corrected chi connectivity index (χ4v) is 4.71. The van der Waals surface area contributed by atoms with Crippen LogP contribution in [-0.2, 0) is 22.7 Å². The topological polar surface area (TPSA) is 98.2 Å². The Morgan fingerprint density at radius 2 is 1.42 bits per heavy atom. The molecule has 2 N–H and O–H groups in total. The number of aryl methyl sites for hydroxylation is 2. The van der Waals surface area contributed by atoms with Crippen LogP contribution in [-0.4, -0.2) is 68.0 Å². The molecule has 1 aliphatic heterocycles. The molecule has 0 unspecified atom stereocenters. The molecule has 10 nitrogen and oxygen atoms in total. The van der Waals surface area contributed by atoms with Crippen LogP contribution in [0.15, 0.2) is 66.1 Å². The zero-order valence-corrected chi connectivity index (χ0v) is 24.7. The highest BCUT2D eigenvalue weighted by molar-refractivity contribution is 5.82. The van der Waals surface area contributed by atoms with Crippen molar-refractivity contribution in [3.8, 4) is 0 Å². The number of nitrogens with zero attached hydrogens (tertiary/aromatic N) is 6. The minimum atomic E-state index is -4.95. The average molecular weight is 644 g/mol. The average Bonchev–Trinajstić information content (AvgIpc) is 3.36. The highest BCUT2D eigenvalue weighted by Crippen LogP contribution is 2.36. The normalized spacial score (nSPS) is 13.6. The van der Waals surface area contributed by atoms with E-state index in [1.165, 1.54) is 0 Å². The van der Waals surface area contributed by atoms with E-state index in [0.29, 0.717) is 50.7 Å². The number of azo groups is 1. The summed E-state index contributed by atoms with van der Waals surface area (Å²) in [6, 6.07) is 5.71. The number of nitrogens with one attached hydrogen (secondary N) is 2. The van der Waals surface area contributed by atoms with Crippen molar-refractivity contribution in [2.45, 2.75) is 51.1 Å². The quantitative estimate of drug-likeness (QED) is 0.0874. The van der Waals surface area contributed by atoms with Gasteiger partial charge in [-0.1, -0.05) is 17.3 Å². The van der Waals surface area contributed by atoms with Crippen LogP contribution in [0.3, 0.4) is 0 Å². The van der Waals surface area contributed by atoms with Crippen molar-refractivity contribution in [1.29, 1.82) is 0 Å². The van der Waals surface area contributed by atoms with Crippen LogP contribution in [0.25, 0.3) is 0 Å². The lowest BCUT2D eigenvalue weighted by Gasteiger charge is -2.38. The number of unbranched alkanes of at least 4 members (excludes halogenated alkanes) is 2. The molecule has 246 valence electrons. The Morgan fingerprint density at radius 3 is 2.00 bits per heavy atom. The molecule has 0 bridgehead atoms. The number of fused-ring (bicyclic) bond motifs is 1. The van der Waals surface area contributed by atoms with Gasteiger partial charge < -0.3 is 20.4 Å². The summed E-state index contributed by atoms with van der Waals surface area (Å²) >= 11 is 0. The molecular weight excluding hydrogens is 606 g/mol. The maximum Gasteiger partial charge on any atom is 0.471 e. The number of alkyl halides is 6. The summed E-state index contributed by atoms with van der Waals surface area (Å²) in [5.74, 6) is -3.57. The number of imidazole rings is 1. The molecule has 2 aromatic rings. The molecule has 1 aromatic heterocycles. The molecule has 1 aromatic carbocycles. The van der Waals surface area contributed by atoms with E-state index < -0.39 is 24.2 Å². The molecule has 2 amide bonds. The lowest BCUT2D eigenvalue weighted by Crippen LogP contribution is -2.41. The zero-order chi connectivity index (χ0) is 33.0. The number of amides is 2. The zero-order valence-electron chi connectivity index (χ0n) is 24.7. The van der Waals surface area contributed by atoms with Gasteiger partial charge in [-0.25, -0.2) is 9.13 Å². The predicted octanol–water partition coefficient (Wildman–Crippen LogP) is 5.11. The Bertz CT molecular complexity index is 1300.